The van der Waals surface area contributed by atoms with Gasteiger partial charge in [0, 0.05) is 35.2 Å². The lowest BCUT2D eigenvalue weighted by Crippen LogP contribution is -2.32. The first-order valence-electron chi connectivity index (χ1n) is 11.9. The van der Waals surface area contributed by atoms with Crippen LogP contribution >= 0.6 is 0 Å². The van der Waals surface area contributed by atoms with Crippen LogP contribution in [0.25, 0.3) is 0 Å². The third kappa shape index (κ3) is 6.86. The van der Waals surface area contributed by atoms with Crippen LogP contribution in [0, 0.1) is 13.8 Å². The van der Waals surface area contributed by atoms with Gasteiger partial charge in [-0.2, -0.15) is 0 Å². The highest BCUT2D eigenvalue weighted by Crippen LogP contribution is 2.21. The van der Waals surface area contributed by atoms with Crippen LogP contribution in [0.2, 0.25) is 0 Å². The Morgan fingerprint density at radius 2 is 1.57 bits per heavy atom. The fraction of sp³-hybridized carbons (Fsp3) is 0.346. The lowest BCUT2D eigenvalue weighted by Gasteiger charge is -2.13. The minimum atomic E-state index is -3.49. The molecule has 1 amide bonds. The van der Waals surface area contributed by atoms with Gasteiger partial charge in [-0.15, -0.1) is 0 Å². The molecule has 4 rings (SSSR count). The van der Waals surface area contributed by atoms with E-state index in [2.05, 4.69) is 25.3 Å². The summed E-state index contributed by atoms with van der Waals surface area (Å²) in [7, 11) is -3.49. The summed E-state index contributed by atoms with van der Waals surface area (Å²) in [5, 5.41) is 6.06. The first kappa shape index (κ1) is 24.8. The molecule has 0 saturated heterocycles. The number of benzene rings is 2. The van der Waals surface area contributed by atoms with Gasteiger partial charge in [-0.05, 0) is 81.1 Å². The summed E-state index contributed by atoms with van der Waals surface area (Å²) >= 11 is 0. The maximum absolute atomic E-state index is 12.5. The van der Waals surface area contributed by atoms with Gasteiger partial charge in [-0.1, -0.05) is 25.0 Å². The zero-order valence-electron chi connectivity index (χ0n) is 20.0. The summed E-state index contributed by atoms with van der Waals surface area (Å²) in [4.78, 5) is 21.5. The fourth-order valence-electron chi connectivity index (χ4n) is 4.20. The van der Waals surface area contributed by atoms with Crippen LogP contribution in [0.1, 0.15) is 53.0 Å². The number of sulfonamides is 1. The van der Waals surface area contributed by atoms with Crippen molar-refractivity contribution in [3.05, 3.63) is 77.1 Å². The van der Waals surface area contributed by atoms with E-state index in [1.807, 2.05) is 32.0 Å². The molecule has 3 aromatic rings. The zero-order chi connectivity index (χ0) is 24.8. The molecule has 2 aromatic carbocycles. The van der Waals surface area contributed by atoms with Crippen LogP contribution in [0.3, 0.4) is 0 Å². The minimum Gasteiger partial charge on any atom is -0.352 e. The van der Waals surface area contributed by atoms with Crippen molar-refractivity contribution in [1.29, 1.82) is 0 Å². The lowest BCUT2D eigenvalue weighted by molar-refractivity contribution is 0.0954. The minimum absolute atomic E-state index is 0.0415. The maximum atomic E-state index is 12.5. The highest BCUT2D eigenvalue weighted by molar-refractivity contribution is 7.89. The quantitative estimate of drug-likeness (QED) is 0.415. The molecular weight excluding hydrogens is 462 g/mol. The molecule has 9 heteroatoms. The smallest absolute Gasteiger partial charge is 0.251 e. The van der Waals surface area contributed by atoms with Gasteiger partial charge in [0.2, 0.25) is 16.0 Å². The molecule has 0 aliphatic heterocycles. The Morgan fingerprint density at radius 1 is 0.943 bits per heavy atom. The number of rotatable bonds is 9. The zero-order valence-corrected chi connectivity index (χ0v) is 20.9. The Bertz CT molecular complexity index is 1250. The topological polar surface area (TPSA) is 113 Å². The summed E-state index contributed by atoms with van der Waals surface area (Å²) in [6.45, 7) is 4.28. The van der Waals surface area contributed by atoms with E-state index in [1.165, 1.54) is 0 Å². The van der Waals surface area contributed by atoms with Crippen molar-refractivity contribution in [3.63, 3.8) is 0 Å². The molecule has 1 aromatic heterocycles. The fourth-order valence-corrected chi connectivity index (χ4v) is 5.51. The van der Waals surface area contributed by atoms with E-state index in [1.54, 1.807) is 36.4 Å². The van der Waals surface area contributed by atoms with E-state index in [4.69, 9.17) is 0 Å². The van der Waals surface area contributed by atoms with Gasteiger partial charge < -0.3 is 10.6 Å². The second kappa shape index (κ2) is 11.0. The van der Waals surface area contributed by atoms with Gasteiger partial charge in [-0.25, -0.2) is 23.1 Å². The molecule has 0 atom stereocenters. The third-order valence-corrected chi connectivity index (χ3v) is 7.53. The second-order valence-electron chi connectivity index (χ2n) is 8.93. The molecule has 1 heterocycles. The number of anilines is 2. The van der Waals surface area contributed by atoms with Gasteiger partial charge in [-0.3, -0.25) is 4.79 Å². The standard InChI is InChI=1S/C26H31N5O3S/c1-18-17-19(2)29-26(28-18)30-22-11-9-21(10-12-22)25(32)27-16-15-20-7-13-24(14-8-20)35(33,34)31-23-5-3-4-6-23/h7-14,17,23,31H,3-6,15-16H2,1-2H3,(H,27,32)(H,28,29,30). The summed E-state index contributed by atoms with van der Waals surface area (Å²) in [6, 6.07) is 15.9. The first-order valence-corrected chi connectivity index (χ1v) is 13.4. The Morgan fingerprint density at radius 3 is 2.20 bits per heavy atom. The maximum Gasteiger partial charge on any atom is 0.251 e. The number of carbonyl (C=O) groups is 1. The van der Waals surface area contributed by atoms with Crippen molar-refractivity contribution in [2.75, 3.05) is 11.9 Å². The molecule has 0 radical (unpaired) electrons. The largest absolute Gasteiger partial charge is 0.352 e. The lowest BCUT2D eigenvalue weighted by atomic mass is 10.1. The molecule has 0 bridgehead atoms. The van der Waals surface area contributed by atoms with Crippen molar-refractivity contribution in [3.8, 4) is 0 Å². The van der Waals surface area contributed by atoms with Gasteiger partial charge >= 0.3 is 0 Å². The van der Waals surface area contributed by atoms with E-state index in [-0.39, 0.29) is 16.8 Å². The number of carbonyl (C=O) groups excluding carboxylic acids is 1. The van der Waals surface area contributed by atoms with Crippen molar-refractivity contribution in [1.82, 2.24) is 20.0 Å². The number of hydrogen-bond donors (Lipinski definition) is 3. The molecule has 1 fully saturated rings. The van der Waals surface area contributed by atoms with Crippen LogP contribution in [0.15, 0.2) is 59.5 Å². The molecule has 1 saturated carbocycles. The molecule has 1 aliphatic rings. The molecule has 184 valence electrons. The van der Waals surface area contributed by atoms with Crippen LogP contribution in [-0.2, 0) is 16.4 Å². The monoisotopic (exact) mass is 493 g/mol. The van der Waals surface area contributed by atoms with Gasteiger partial charge in [0.05, 0.1) is 4.90 Å². The van der Waals surface area contributed by atoms with Crippen LogP contribution in [0.5, 0.6) is 0 Å². The van der Waals surface area contributed by atoms with E-state index in [9.17, 15) is 13.2 Å². The highest BCUT2D eigenvalue weighted by Gasteiger charge is 2.22. The van der Waals surface area contributed by atoms with Gasteiger partial charge in [0.25, 0.3) is 5.91 Å². The Hall–Kier alpha value is -3.30. The van der Waals surface area contributed by atoms with Crippen LogP contribution in [0.4, 0.5) is 11.6 Å². The Labute approximate surface area is 206 Å². The Kier molecular flexibility index (Phi) is 7.77. The summed E-state index contributed by atoms with van der Waals surface area (Å²) < 4.78 is 27.9. The molecule has 0 unspecified atom stereocenters. The average molecular weight is 494 g/mol. The van der Waals surface area contributed by atoms with Crippen LogP contribution < -0.4 is 15.4 Å². The average Bonchev–Trinajstić information content (AvgIpc) is 3.31. The van der Waals surface area contributed by atoms with E-state index in [0.717, 1.165) is 48.3 Å². The predicted octanol–water partition coefficient (Wildman–Crippen LogP) is 4.03. The summed E-state index contributed by atoms with van der Waals surface area (Å²) in [5.41, 5.74) is 4.07. The van der Waals surface area contributed by atoms with Crippen molar-refractivity contribution in [2.24, 2.45) is 0 Å². The van der Waals surface area contributed by atoms with E-state index >= 15 is 0 Å². The predicted molar refractivity (Wildman–Crippen MR) is 136 cm³/mol. The highest BCUT2D eigenvalue weighted by atomic mass is 32.2. The van der Waals surface area contributed by atoms with Crippen molar-refractivity contribution in [2.45, 2.75) is 56.9 Å². The van der Waals surface area contributed by atoms with E-state index in [0.29, 0.717) is 24.5 Å². The molecule has 0 spiro atoms. The molecule has 35 heavy (non-hydrogen) atoms. The normalized spacial score (nSPS) is 14.1. The number of hydrogen-bond acceptors (Lipinski definition) is 6. The molecule has 1 aliphatic carbocycles. The van der Waals surface area contributed by atoms with Gasteiger partial charge in [0.15, 0.2) is 0 Å². The molecule has 8 nitrogen and oxygen atoms in total. The second-order valence-corrected chi connectivity index (χ2v) is 10.6. The van der Waals surface area contributed by atoms with E-state index < -0.39 is 10.0 Å². The van der Waals surface area contributed by atoms with Gasteiger partial charge in [0.1, 0.15) is 0 Å². The number of aryl methyl sites for hydroxylation is 2. The summed E-state index contributed by atoms with van der Waals surface area (Å²) in [6.07, 6.45) is 4.54. The number of aromatic nitrogens is 2. The first-order chi connectivity index (χ1) is 16.8. The number of nitrogens with one attached hydrogen (secondary N) is 3. The van der Waals surface area contributed by atoms with Crippen LogP contribution in [-0.4, -0.2) is 36.9 Å². The third-order valence-electron chi connectivity index (χ3n) is 6.00. The van der Waals surface area contributed by atoms with Crippen molar-refractivity contribution < 1.29 is 13.2 Å². The molecular formula is C26H31N5O3S. The number of nitrogens with zero attached hydrogens (tertiary/aromatic N) is 2. The number of amides is 1. The molecule has 3 N–H and O–H groups in total. The summed E-state index contributed by atoms with van der Waals surface area (Å²) in [5.74, 6) is 0.354. The van der Waals surface area contributed by atoms with Crippen molar-refractivity contribution >= 4 is 27.6 Å². The Balaban J connectivity index is 1.26. The SMILES string of the molecule is Cc1cc(C)nc(Nc2ccc(C(=O)NCCc3ccc(S(=O)(=O)NC4CCCC4)cc3)cc2)n1.